The molecule has 0 radical (unpaired) electrons. The number of aliphatic carboxylic acids is 2. The van der Waals surface area contributed by atoms with Gasteiger partial charge in [-0.15, -0.1) is 0 Å². The smallest absolute Gasteiger partial charge is 0.309 e. The number of carboxylic acids is 2. The van der Waals surface area contributed by atoms with E-state index in [2.05, 4.69) is 6.92 Å². The van der Waals surface area contributed by atoms with E-state index in [0.29, 0.717) is 24.7 Å². The van der Waals surface area contributed by atoms with Crippen LogP contribution < -0.4 is 0 Å². The molecule has 0 aromatic rings. The summed E-state index contributed by atoms with van der Waals surface area (Å²) < 4.78 is 0. The van der Waals surface area contributed by atoms with E-state index < -0.39 is 17.4 Å². The van der Waals surface area contributed by atoms with Crippen molar-refractivity contribution in [2.75, 3.05) is 0 Å². The van der Waals surface area contributed by atoms with E-state index in [9.17, 15) is 19.8 Å². The highest BCUT2D eigenvalue weighted by atomic mass is 16.4. The molecule has 2 N–H and O–H groups in total. The van der Waals surface area contributed by atoms with E-state index in [-0.39, 0.29) is 17.3 Å². The number of carboxylic acid groups (broad SMARTS) is 2. The lowest BCUT2D eigenvalue weighted by molar-refractivity contribution is -0.149. The zero-order valence-corrected chi connectivity index (χ0v) is 11.6. The zero-order chi connectivity index (χ0) is 14.0. The predicted octanol–water partition coefficient (Wildman–Crippen LogP) is 2.62. The second kappa shape index (κ2) is 3.74. The molecular formula is C15H22O4. The molecule has 3 fully saturated rings. The lowest BCUT2D eigenvalue weighted by Crippen LogP contribution is -2.33. The molecule has 4 heteroatoms. The van der Waals surface area contributed by atoms with Crippen molar-refractivity contribution in [2.24, 2.45) is 34.5 Å². The fraction of sp³-hybridized carbons (Fsp3) is 0.867. The summed E-state index contributed by atoms with van der Waals surface area (Å²) in [5.74, 6) is -0.843. The molecule has 19 heavy (non-hydrogen) atoms. The Hall–Kier alpha value is -1.06. The van der Waals surface area contributed by atoms with Gasteiger partial charge in [0.15, 0.2) is 0 Å². The fourth-order valence-electron chi connectivity index (χ4n) is 5.69. The van der Waals surface area contributed by atoms with E-state index in [1.807, 2.05) is 6.92 Å². The van der Waals surface area contributed by atoms with Crippen molar-refractivity contribution in [2.45, 2.75) is 46.0 Å². The maximum Gasteiger partial charge on any atom is 0.309 e. The molecule has 6 atom stereocenters. The van der Waals surface area contributed by atoms with Crippen LogP contribution in [0.4, 0.5) is 0 Å². The number of hydrogen-bond acceptors (Lipinski definition) is 2. The first-order valence-corrected chi connectivity index (χ1v) is 7.27. The molecule has 0 aromatic heterocycles. The van der Waals surface area contributed by atoms with E-state index >= 15 is 0 Å². The Morgan fingerprint density at radius 1 is 1.21 bits per heavy atom. The van der Waals surface area contributed by atoms with Crippen LogP contribution in [0.3, 0.4) is 0 Å². The van der Waals surface area contributed by atoms with Crippen LogP contribution in [0.15, 0.2) is 0 Å². The molecular weight excluding hydrogens is 244 g/mol. The molecule has 3 aliphatic rings. The van der Waals surface area contributed by atoms with Crippen LogP contribution in [-0.4, -0.2) is 22.2 Å². The highest BCUT2D eigenvalue weighted by Crippen LogP contribution is 2.72. The first kappa shape index (κ1) is 12.9. The van der Waals surface area contributed by atoms with E-state index in [1.165, 1.54) is 0 Å². The van der Waals surface area contributed by atoms with Gasteiger partial charge in [0.25, 0.3) is 0 Å². The van der Waals surface area contributed by atoms with Crippen LogP contribution in [0.2, 0.25) is 0 Å². The molecule has 4 nitrogen and oxygen atoms in total. The summed E-state index contributed by atoms with van der Waals surface area (Å²) in [6.07, 6.45) is 4.19. The molecule has 0 unspecified atom stereocenters. The standard InChI is InChI=1S/C15H22O4/c1-8-3-4-9-5-10(12(16)17)11-6-14(2,13(18)19)7-15(8,9)11/h8-11H,3-7H2,1-2H3,(H,16,17)(H,18,19)/t8-,9-,10+,11-,14+,15-/m1/s1. The number of carbonyl (C=O) groups is 2. The third-order valence-corrected chi connectivity index (χ3v) is 6.54. The van der Waals surface area contributed by atoms with Crippen LogP contribution >= 0.6 is 0 Å². The van der Waals surface area contributed by atoms with Gasteiger partial charge < -0.3 is 10.2 Å². The quantitative estimate of drug-likeness (QED) is 0.805. The average Bonchev–Trinajstić information content (AvgIpc) is 2.87. The monoisotopic (exact) mass is 266 g/mol. The first-order chi connectivity index (χ1) is 8.81. The Kier molecular flexibility index (Phi) is 2.55. The molecule has 0 bridgehead atoms. The summed E-state index contributed by atoms with van der Waals surface area (Å²) in [4.78, 5) is 23.1. The van der Waals surface area contributed by atoms with Gasteiger partial charge in [0.05, 0.1) is 11.3 Å². The first-order valence-electron chi connectivity index (χ1n) is 7.27. The molecule has 3 saturated carbocycles. The Bertz CT molecular complexity index is 445. The van der Waals surface area contributed by atoms with Crippen molar-refractivity contribution in [1.29, 1.82) is 0 Å². The van der Waals surface area contributed by atoms with Gasteiger partial charge in [0, 0.05) is 0 Å². The van der Waals surface area contributed by atoms with Gasteiger partial charge in [-0.3, -0.25) is 9.59 Å². The molecule has 0 amide bonds. The normalized spacial score (nSPS) is 51.9. The van der Waals surface area contributed by atoms with Crippen molar-refractivity contribution in [1.82, 2.24) is 0 Å². The van der Waals surface area contributed by atoms with Crippen molar-refractivity contribution in [3.63, 3.8) is 0 Å². The van der Waals surface area contributed by atoms with Gasteiger partial charge in [0.1, 0.15) is 0 Å². The largest absolute Gasteiger partial charge is 0.481 e. The minimum atomic E-state index is -0.752. The molecule has 3 rings (SSSR count). The Balaban J connectivity index is 2.03. The third kappa shape index (κ3) is 1.46. The second-order valence-electron chi connectivity index (χ2n) is 7.32. The number of hydrogen-bond donors (Lipinski definition) is 2. The molecule has 106 valence electrons. The minimum absolute atomic E-state index is 0.0177. The summed E-state index contributed by atoms with van der Waals surface area (Å²) >= 11 is 0. The van der Waals surface area contributed by atoms with Crippen molar-refractivity contribution in [3.8, 4) is 0 Å². The van der Waals surface area contributed by atoms with Crippen molar-refractivity contribution in [3.05, 3.63) is 0 Å². The molecule has 1 spiro atoms. The lowest BCUT2D eigenvalue weighted by atomic mass is 9.68. The van der Waals surface area contributed by atoms with Gasteiger partial charge in [-0.1, -0.05) is 6.92 Å². The molecule has 0 saturated heterocycles. The van der Waals surface area contributed by atoms with Gasteiger partial charge in [-0.2, -0.15) is 0 Å². The fourth-order valence-corrected chi connectivity index (χ4v) is 5.69. The summed E-state index contributed by atoms with van der Waals surface area (Å²) in [7, 11) is 0. The van der Waals surface area contributed by atoms with E-state index in [0.717, 1.165) is 19.3 Å². The summed E-state index contributed by atoms with van der Waals surface area (Å²) in [6.45, 7) is 4.01. The van der Waals surface area contributed by atoms with Gasteiger partial charge in [0.2, 0.25) is 0 Å². The molecule has 0 aliphatic heterocycles. The highest BCUT2D eigenvalue weighted by Gasteiger charge is 2.68. The SMILES string of the molecule is C[C@@H]1CC[C@@H]2C[C@H](C(=O)O)[C@H]3C[C@](C)(C(=O)O)C[C@]213. The van der Waals surface area contributed by atoms with Gasteiger partial charge in [-0.25, -0.2) is 0 Å². The van der Waals surface area contributed by atoms with Crippen molar-refractivity contribution < 1.29 is 19.8 Å². The number of rotatable bonds is 2. The second-order valence-corrected chi connectivity index (χ2v) is 7.32. The maximum atomic E-state index is 11.6. The van der Waals surface area contributed by atoms with Crippen LogP contribution in [0.25, 0.3) is 0 Å². The Morgan fingerprint density at radius 2 is 1.89 bits per heavy atom. The summed E-state index contributed by atoms with van der Waals surface area (Å²) in [5, 5.41) is 19.0. The molecule has 3 aliphatic carbocycles. The van der Waals surface area contributed by atoms with Gasteiger partial charge >= 0.3 is 11.9 Å². The molecule has 0 aromatic carbocycles. The summed E-state index contributed by atoms with van der Waals surface area (Å²) in [6, 6.07) is 0. The topological polar surface area (TPSA) is 74.6 Å². The van der Waals surface area contributed by atoms with Crippen LogP contribution in [0.5, 0.6) is 0 Å². The van der Waals surface area contributed by atoms with Crippen LogP contribution in [-0.2, 0) is 9.59 Å². The zero-order valence-electron chi connectivity index (χ0n) is 11.6. The molecule has 0 heterocycles. The lowest BCUT2D eigenvalue weighted by Gasteiger charge is -2.36. The highest BCUT2D eigenvalue weighted by molar-refractivity contribution is 5.76. The third-order valence-electron chi connectivity index (χ3n) is 6.54. The Labute approximate surface area is 113 Å². The minimum Gasteiger partial charge on any atom is -0.481 e. The van der Waals surface area contributed by atoms with Crippen molar-refractivity contribution >= 4 is 11.9 Å². The van der Waals surface area contributed by atoms with E-state index in [1.54, 1.807) is 0 Å². The van der Waals surface area contributed by atoms with Gasteiger partial charge in [-0.05, 0) is 62.2 Å². The van der Waals surface area contributed by atoms with Crippen LogP contribution in [0, 0.1) is 34.5 Å². The summed E-state index contributed by atoms with van der Waals surface area (Å²) in [5.41, 5.74) is -0.744. The average molecular weight is 266 g/mol. The van der Waals surface area contributed by atoms with E-state index in [4.69, 9.17) is 0 Å². The maximum absolute atomic E-state index is 11.6. The van der Waals surface area contributed by atoms with Crippen LogP contribution in [0.1, 0.15) is 46.0 Å². The Morgan fingerprint density at radius 3 is 2.47 bits per heavy atom. The predicted molar refractivity (Wildman–Crippen MR) is 68.5 cm³/mol.